The average Bonchev–Trinajstić information content (AvgIpc) is 2.90. The van der Waals surface area contributed by atoms with Crippen molar-refractivity contribution < 1.29 is 22.9 Å². The Balaban J connectivity index is 1.63. The Hall–Kier alpha value is -2.57. The highest BCUT2D eigenvalue weighted by molar-refractivity contribution is 7.89. The Kier molecular flexibility index (Phi) is 6.35. The van der Waals surface area contributed by atoms with Gasteiger partial charge in [0.05, 0.1) is 16.5 Å². The standard InChI is InChI=1S/C19H27N5O6S/c1-14(2)12-19(3)17(25)23(18(26)20-19)13-21-7-9-22(10-8-21)31(29,30)16-6-4-5-15(11-16)24(27)28/h4-6,11,14H,7-10,12-13H2,1-3H3,(H,20,26)/t19-/m1/s1. The molecule has 1 atom stereocenters. The molecule has 0 bridgehead atoms. The van der Waals surface area contributed by atoms with Gasteiger partial charge in [0, 0.05) is 38.3 Å². The maximum atomic E-state index is 12.9. The normalized spacial score (nSPS) is 23.4. The van der Waals surface area contributed by atoms with Gasteiger partial charge in [0.15, 0.2) is 0 Å². The topological polar surface area (TPSA) is 133 Å². The van der Waals surface area contributed by atoms with Crippen molar-refractivity contribution in [3.05, 3.63) is 34.4 Å². The number of carbonyl (C=O) groups excluding carboxylic acids is 2. The molecule has 0 unspecified atom stereocenters. The second kappa shape index (κ2) is 8.52. The molecule has 0 saturated carbocycles. The predicted molar refractivity (Wildman–Crippen MR) is 112 cm³/mol. The number of nitrogens with zero attached hydrogens (tertiary/aromatic N) is 4. The number of hydrogen-bond acceptors (Lipinski definition) is 7. The molecule has 2 fully saturated rings. The zero-order chi connectivity index (χ0) is 23.0. The molecule has 3 rings (SSSR count). The number of nitro benzene ring substituents is 1. The van der Waals surface area contributed by atoms with Gasteiger partial charge in [-0.1, -0.05) is 19.9 Å². The Morgan fingerprint density at radius 2 is 1.84 bits per heavy atom. The van der Waals surface area contributed by atoms with E-state index in [1.807, 2.05) is 18.7 Å². The van der Waals surface area contributed by atoms with Gasteiger partial charge in [-0.15, -0.1) is 0 Å². The lowest BCUT2D eigenvalue weighted by Crippen LogP contribution is -2.53. The number of amides is 3. The van der Waals surface area contributed by atoms with Crippen molar-refractivity contribution in [2.75, 3.05) is 32.8 Å². The molecule has 31 heavy (non-hydrogen) atoms. The van der Waals surface area contributed by atoms with Gasteiger partial charge in [0.2, 0.25) is 10.0 Å². The number of rotatable bonds is 7. The first-order valence-electron chi connectivity index (χ1n) is 10.0. The molecule has 1 N–H and O–H groups in total. The van der Waals surface area contributed by atoms with Crippen molar-refractivity contribution in [2.24, 2.45) is 5.92 Å². The van der Waals surface area contributed by atoms with E-state index in [-0.39, 0.29) is 42.2 Å². The summed E-state index contributed by atoms with van der Waals surface area (Å²) in [4.78, 5) is 38.4. The maximum absolute atomic E-state index is 12.9. The zero-order valence-corrected chi connectivity index (χ0v) is 18.6. The third-order valence-corrected chi connectivity index (χ3v) is 7.40. The van der Waals surface area contributed by atoms with Crippen LogP contribution in [0.3, 0.4) is 0 Å². The summed E-state index contributed by atoms with van der Waals surface area (Å²) in [7, 11) is -3.88. The second-order valence-corrected chi connectivity index (χ2v) is 10.4. The molecule has 2 aliphatic heterocycles. The molecule has 170 valence electrons. The van der Waals surface area contributed by atoms with Gasteiger partial charge >= 0.3 is 6.03 Å². The first-order chi connectivity index (χ1) is 14.4. The third kappa shape index (κ3) is 4.70. The molecule has 11 nitrogen and oxygen atoms in total. The fourth-order valence-corrected chi connectivity index (χ4v) is 5.51. The number of hydrogen-bond donors (Lipinski definition) is 1. The minimum atomic E-state index is -3.88. The van der Waals surface area contributed by atoms with E-state index in [4.69, 9.17) is 0 Å². The van der Waals surface area contributed by atoms with E-state index < -0.39 is 26.5 Å². The molecule has 1 aromatic rings. The minimum absolute atomic E-state index is 0.0864. The van der Waals surface area contributed by atoms with E-state index in [1.54, 1.807) is 6.92 Å². The van der Waals surface area contributed by atoms with Crippen LogP contribution in [0.5, 0.6) is 0 Å². The highest BCUT2D eigenvalue weighted by Crippen LogP contribution is 2.26. The number of piperazine rings is 1. The quantitative estimate of drug-likeness (QED) is 0.373. The van der Waals surface area contributed by atoms with Crippen molar-refractivity contribution in [1.29, 1.82) is 0 Å². The van der Waals surface area contributed by atoms with Crippen LogP contribution in [-0.2, 0) is 14.8 Å². The van der Waals surface area contributed by atoms with E-state index in [0.29, 0.717) is 19.5 Å². The van der Waals surface area contributed by atoms with Crippen LogP contribution in [0.1, 0.15) is 27.2 Å². The smallest absolute Gasteiger partial charge is 0.323 e. The number of non-ortho nitro benzene ring substituents is 1. The van der Waals surface area contributed by atoms with Crippen LogP contribution in [-0.4, -0.2) is 77.8 Å². The number of carbonyl (C=O) groups is 2. The van der Waals surface area contributed by atoms with E-state index in [2.05, 4.69) is 5.32 Å². The van der Waals surface area contributed by atoms with E-state index in [9.17, 15) is 28.1 Å². The van der Waals surface area contributed by atoms with Crippen LogP contribution in [0, 0.1) is 16.0 Å². The molecular weight excluding hydrogens is 426 g/mol. The first kappa shape index (κ1) is 23.1. The summed E-state index contributed by atoms with van der Waals surface area (Å²) in [5, 5.41) is 13.7. The average molecular weight is 454 g/mol. The number of sulfonamides is 1. The van der Waals surface area contributed by atoms with Crippen molar-refractivity contribution in [2.45, 2.75) is 37.6 Å². The maximum Gasteiger partial charge on any atom is 0.326 e. The van der Waals surface area contributed by atoms with Gasteiger partial charge in [-0.2, -0.15) is 4.31 Å². The van der Waals surface area contributed by atoms with Crippen molar-refractivity contribution in [3.8, 4) is 0 Å². The largest absolute Gasteiger partial charge is 0.326 e. The van der Waals surface area contributed by atoms with Gasteiger partial charge in [0.1, 0.15) is 5.54 Å². The molecule has 0 radical (unpaired) electrons. The summed E-state index contributed by atoms with van der Waals surface area (Å²) in [6, 6.07) is 4.51. The van der Waals surface area contributed by atoms with E-state index in [1.165, 1.54) is 27.4 Å². The predicted octanol–water partition coefficient (Wildman–Crippen LogP) is 1.22. The molecule has 0 aromatic heterocycles. The molecule has 12 heteroatoms. The number of nitrogens with one attached hydrogen (secondary N) is 1. The van der Waals surface area contributed by atoms with Crippen LogP contribution >= 0.6 is 0 Å². The van der Waals surface area contributed by atoms with Gasteiger partial charge in [-0.25, -0.2) is 18.1 Å². The Bertz CT molecular complexity index is 989. The van der Waals surface area contributed by atoms with E-state index in [0.717, 1.165) is 6.07 Å². The Labute approximate surface area is 181 Å². The van der Waals surface area contributed by atoms with Crippen molar-refractivity contribution in [1.82, 2.24) is 19.4 Å². The monoisotopic (exact) mass is 453 g/mol. The summed E-state index contributed by atoms with van der Waals surface area (Å²) in [6.45, 7) is 6.72. The second-order valence-electron chi connectivity index (χ2n) is 8.51. The zero-order valence-electron chi connectivity index (χ0n) is 17.8. The lowest BCUT2D eigenvalue weighted by molar-refractivity contribution is -0.385. The van der Waals surface area contributed by atoms with Gasteiger partial charge < -0.3 is 5.32 Å². The van der Waals surface area contributed by atoms with Crippen LogP contribution < -0.4 is 5.32 Å². The first-order valence-corrected chi connectivity index (χ1v) is 11.5. The Morgan fingerprint density at radius 1 is 1.19 bits per heavy atom. The highest BCUT2D eigenvalue weighted by atomic mass is 32.2. The molecule has 2 heterocycles. The van der Waals surface area contributed by atoms with Crippen LogP contribution in [0.2, 0.25) is 0 Å². The molecule has 2 saturated heterocycles. The van der Waals surface area contributed by atoms with Gasteiger partial charge in [-0.3, -0.25) is 19.8 Å². The summed E-state index contributed by atoms with van der Waals surface area (Å²) in [5.41, 5.74) is -1.22. The summed E-state index contributed by atoms with van der Waals surface area (Å²) in [6.07, 6.45) is 0.531. The summed E-state index contributed by atoms with van der Waals surface area (Å²) >= 11 is 0. The summed E-state index contributed by atoms with van der Waals surface area (Å²) in [5.74, 6) is -0.0467. The lowest BCUT2D eigenvalue weighted by atomic mass is 9.91. The molecule has 0 spiro atoms. The van der Waals surface area contributed by atoms with Crippen LogP contribution in [0.25, 0.3) is 0 Å². The van der Waals surface area contributed by atoms with E-state index >= 15 is 0 Å². The number of nitro groups is 1. The summed E-state index contributed by atoms with van der Waals surface area (Å²) < 4.78 is 27.0. The van der Waals surface area contributed by atoms with Crippen LogP contribution in [0.4, 0.5) is 10.5 Å². The molecule has 1 aromatic carbocycles. The fraction of sp³-hybridized carbons (Fsp3) is 0.579. The third-order valence-electron chi connectivity index (χ3n) is 5.50. The molecule has 3 amide bonds. The molecule has 0 aliphatic carbocycles. The Morgan fingerprint density at radius 3 is 2.42 bits per heavy atom. The van der Waals surface area contributed by atoms with Crippen LogP contribution in [0.15, 0.2) is 29.2 Å². The lowest BCUT2D eigenvalue weighted by Gasteiger charge is -2.35. The SMILES string of the molecule is CC(C)C[C@@]1(C)NC(=O)N(CN2CCN(S(=O)(=O)c3cccc([N+](=O)[O-])c3)CC2)C1=O. The molecule has 2 aliphatic rings. The minimum Gasteiger partial charge on any atom is -0.323 e. The van der Waals surface area contributed by atoms with Gasteiger partial charge in [0.25, 0.3) is 11.6 Å². The molecular formula is C19H27N5O6S. The highest BCUT2D eigenvalue weighted by Gasteiger charge is 2.48. The van der Waals surface area contributed by atoms with Gasteiger partial charge in [-0.05, 0) is 25.3 Å². The number of benzene rings is 1. The fourth-order valence-electron chi connectivity index (χ4n) is 4.05. The number of urea groups is 1. The number of imide groups is 1. The van der Waals surface area contributed by atoms with Crippen molar-refractivity contribution >= 4 is 27.6 Å². The van der Waals surface area contributed by atoms with Crippen molar-refractivity contribution in [3.63, 3.8) is 0 Å².